The van der Waals surface area contributed by atoms with Crippen molar-refractivity contribution in [2.24, 2.45) is 0 Å². The monoisotopic (exact) mass is 301 g/mol. The number of esters is 1. The van der Waals surface area contributed by atoms with E-state index in [-0.39, 0.29) is 18.1 Å². The Labute approximate surface area is 126 Å². The summed E-state index contributed by atoms with van der Waals surface area (Å²) in [5.74, 6) is -2.12. The van der Waals surface area contributed by atoms with Crippen LogP contribution in [0, 0.1) is 0 Å². The van der Waals surface area contributed by atoms with Gasteiger partial charge in [0, 0.05) is 6.20 Å². The Kier molecular flexibility index (Phi) is 3.54. The van der Waals surface area contributed by atoms with Crippen LogP contribution in [-0.4, -0.2) is 35.6 Å². The van der Waals surface area contributed by atoms with Crippen molar-refractivity contribution in [2.45, 2.75) is 19.0 Å². The van der Waals surface area contributed by atoms with Crippen LogP contribution in [0.3, 0.4) is 0 Å². The zero-order chi connectivity index (χ0) is 15.7. The maximum Gasteiger partial charge on any atom is 0.345 e. The normalized spacial score (nSPS) is 23.3. The number of carbonyl (C=O) groups excluding carboxylic acids is 3. The van der Waals surface area contributed by atoms with Gasteiger partial charge >= 0.3 is 5.97 Å². The van der Waals surface area contributed by atoms with Crippen molar-refractivity contribution < 1.29 is 19.1 Å². The van der Waals surface area contributed by atoms with Crippen LogP contribution in [0.1, 0.15) is 18.4 Å². The molecule has 0 bridgehead atoms. The van der Waals surface area contributed by atoms with Gasteiger partial charge in [-0.25, -0.2) is 9.80 Å². The second-order valence-electron chi connectivity index (χ2n) is 4.93. The van der Waals surface area contributed by atoms with Crippen LogP contribution in [0.5, 0.6) is 0 Å². The first-order valence-corrected chi connectivity index (χ1v) is 6.96. The number of hydrogen-bond donors (Lipinski definition) is 2. The molecule has 1 aromatic rings. The minimum atomic E-state index is -0.712. The van der Waals surface area contributed by atoms with Gasteiger partial charge in [-0.05, 0) is 12.5 Å². The molecule has 0 aromatic heterocycles. The summed E-state index contributed by atoms with van der Waals surface area (Å²) in [6, 6.07) is 9.16. The molecule has 2 unspecified atom stereocenters. The topological polar surface area (TPSA) is 87.7 Å². The fourth-order valence-corrected chi connectivity index (χ4v) is 2.61. The molecular formula is C15H15N3O4. The molecule has 2 amide bonds. The van der Waals surface area contributed by atoms with E-state index in [4.69, 9.17) is 4.74 Å². The molecule has 1 fully saturated rings. The van der Waals surface area contributed by atoms with Gasteiger partial charge in [0.15, 0.2) is 0 Å². The molecule has 7 nitrogen and oxygen atoms in total. The molecule has 1 aromatic carbocycles. The number of carbonyl (C=O) groups is 3. The SMILES string of the molecule is CCOC(=O)C1=CNC2C(c3ccccc3)C(=O)NN2C1=O. The molecule has 2 heterocycles. The first-order chi connectivity index (χ1) is 10.6. The first kappa shape index (κ1) is 14.1. The highest BCUT2D eigenvalue weighted by Crippen LogP contribution is 2.29. The third kappa shape index (κ3) is 2.20. The van der Waals surface area contributed by atoms with Crippen LogP contribution in [0.15, 0.2) is 42.1 Å². The highest BCUT2D eigenvalue weighted by atomic mass is 16.5. The fraction of sp³-hybridized carbons (Fsp3) is 0.267. The van der Waals surface area contributed by atoms with Crippen LogP contribution in [0.25, 0.3) is 0 Å². The predicted molar refractivity (Wildman–Crippen MR) is 75.8 cm³/mol. The summed E-state index contributed by atoms with van der Waals surface area (Å²) in [7, 11) is 0. The number of hydrazine groups is 1. The number of rotatable bonds is 3. The van der Waals surface area contributed by atoms with Crippen LogP contribution in [-0.2, 0) is 19.1 Å². The lowest BCUT2D eigenvalue weighted by atomic mass is 9.95. The largest absolute Gasteiger partial charge is 0.462 e. The summed E-state index contributed by atoms with van der Waals surface area (Å²) in [5, 5.41) is 4.08. The van der Waals surface area contributed by atoms with Crippen LogP contribution >= 0.6 is 0 Å². The summed E-state index contributed by atoms with van der Waals surface area (Å²) in [6.45, 7) is 1.83. The standard InChI is InChI=1S/C15H15N3O4/c1-2-22-15(21)10-8-16-12-11(9-6-4-3-5-7-9)13(19)17-18(12)14(10)20/h3-8,11-12,16H,2H2,1H3,(H,17,19). The van der Waals surface area contributed by atoms with Crippen molar-refractivity contribution >= 4 is 17.8 Å². The van der Waals surface area contributed by atoms with Crippen molar-refractivity contribution in [2.75, 3.05) is 6.61 Å². The second kappa shape index (κ2) is 5.51. The van der Waals surface area contributed by atoms with Crippen molar-refractivity contribution in [3.8, 4) is 0 Å². The van der Waals surface area contributed by atoms with Crippen molar-refractivity contribution in [3.05, 3.63) is 47.7 Å². The molecule has 0 spiro atoms. The highest BCUT2D eigenvalue weighted by Gasteiger charge is 2.47. The fourth-order valence-electron chi connectivity index (χ4n) is 2.61. The molecule has 2 N–H and O–H groups in total. The molecule has 2 aliphatic rings. The summed E-state index contributed by atoms with van der Waals surface area (Å²) in [4.78, 5) is 36.3. The van der Waals surface area contributed by atoms with E-state index in [9.17, 15) is 14.4 Å². The molecule has 22 heavy (non-hydrogen) atoms. The number of hydrogen-bond acceptors (Lipinski definition) is 5. The average molecular weight is 301 g/mol. The number of nitrogens with one attached hydrogen (secondary N) is 2. The van der Waals surface area contributed by atoms with Crippen molar-refractivity contribution in [3.63, 3.8) is 0 Å². The number of amides is 2. The molecular weight excluding hydrogens is 286 g/mol. The molecule has 3 rings (SSSR count). The molecule has 0 saturated carbocycles. The Bertz CT molecular complexity index is 656. The Morgan fingerprint density at radius 3 is 2.68 bits per heavy atom. The maximum atomic E-state index is 12.3. The number of benzene rings is 1. The van der Waals surface area contributed by atoms with Gasteiger partial charge in [-0.3, -0.25) is 15.0 Å². The van der Waals surface area contributed by atoms with Crippen molar-refractivity contribution in [1.29, 1.82) is 0 Å². The summed E-state index contributed by atoms with van der Waals surface area (Å²) < 4.78 is 4.83. The van der Waals surface area contributed by atoms with E-state index in [1.165, 1.54) is 6.20 Å². The number of ether oxygens (including phenoxy) is 1. The van der Waals surface area contributed by atoms with E-state index < -0.39 is 24.0 Å². The van der Waals surface area contributed by atoms with Crippen LogP contribution in [0.2, 0.25) is 0 Å². The van der Waals surface area contributed by atoms with Gasteiger partial charge < -0.3 is 10.1 Å². The van der Waals surface area contributed by atoms with Gasteiger partial charge in [-0.1, -0.05) is 30.3 Å². The lowest BCUT2D eigenvalue weighted by Crippen LogP contribution is -2.53. The summed E-state index contributed by atoms with van der Waals surface area (Å²) >= 11 is 0. The Morgan fingerprint density at radius 2 is 2.00 bits per heavy atom. The molecule has 2 aliphatic heterocycles. The summed E-state index contributed by atoms with van der Waals surface area (Å²) in [5.41, 5.74) is 3.17. The van der Waals surface area contributed by atoms with Gasteiger partial charge in [-0.15, -0.1) is 0 Å². The Balaban J connectivity index is 1.89. The van der Waals surface area contributed by atoms with Crippen molar-refractivity contribution in [1.82, 2.24) is 15.8 Å². The Hall–Kier alpha value is -2.83. The van der Waals surface area contributed by atoms with E-state index in [1.807, 2.05) is 30.3 Å². The quantitative estimate of drug-likeness (QED) is 0.607. The molecule has 7 heteroatoms. The molecule has 114 valence electrons. The Morgan fingerprint density at radius 1 is 1.27 bits per heavy atom. The third-order valence-corrected chi connectivity index (χ3v) is 3.61. The predicted octanol–water partition coefficient (Wildman–Crippen LogP) is 0.0199. The number of fused-ring (bicyclic) bond motifs is 1. The average Bonchev–Trinajstić information content (AvgIpc) is 2.86. The zero-order valence-corrected chi connectivity index (χ0v) is 11.9. The minimum absolute atomic E-state index is 0.132. The molecule has 0 aliphatic carbocycles. The third-order valence-electron chi connectivity index (χ3n) is 3.61. The highest BCUT2D eigenvalue weighted by molar-refractivity contribution is 6.17. The minimum Gasteiger partial charge on any atom is -0.462 e. The van der Waals surface area contributed by atoms with Crippen LogP contribution in [0.4, 0.5) is 0 Å². The van der Waals surface area contributed by atoms with Gasteiger partial charge in [0.05, 0.1) is 6.61 Å². The molecule has 1 saturated heterocycles. The van der Waals surface area contributed by atoms with E-state index in [0.29, 0.717) is 0 Å². The van der Waals surface area contributed by atoms with E-state index >= 15 is 0 Å². The van der Waals surface area contributed by atoms with Gasteiger partial charge in [0.1, 0.15) is 17.7 Å². The van der Waals surface area contributed by atoms with E-state index in [0.717, 1.165) is 10.6 Å². The van der Waals surface area contributed by atoms with Gasteiger partial charge in [-0.2, -0.15) is 0 Å². The molecule has 2 atom stereocenters. The lowest BCUT2D eigenvalue weighted by molar-refractivity contribution is -0.145. The molecule has 0 radical (unpaired) electrons. The zero-order valence-electron chi connectivity index (χ0n) is 11.9. The van der Waals surface area contributed by atoms with Crippen LogP contribution < -0.4 is 10.7 Å². The van der Waals surface area contributed by atoms with E-state index in [2.05, 4.69) is 10.7 Å². The lowest BCUT2D eigenvalue weighted by Gasteiger charge is -2.30. The number of nitrogens with zero attached hydrogens (tertiary/aromatic N) is 1. The van der Waals surface area contributed by atoms with Gasteiger partial charge in [0.25, 0.3) is 5.91 Å². The second-order valence-corrected chi connectivity index (χ2v) is 4.93. The summed E-state index contributed by atoms with van der Waals surface area (Å²) in [6.07, 6.45) is 0.748. The smallest absolute Gasteiger partial charge is 0.345 e. The van der Waals surface area contributed by atoms with E-state index in [1.54, 1.807) is 6.92 Å². The first-order valence-electron chi connectivity index (χ1n) is 6.96. The maximum absolute atomic E-state index is 12.3. The van der Waals surface area contributed by atoms with Gasteiger partial charge in [0.2, 0.25) is 5.91 Å².